The van der Waals surface area contributed by atoms with Crippen molar-refractivity contribution in [1.82, 2.24) is 19.6 Å². The third-order valence-corrected chi connectivity index (χ3v) is 20.6. The fourth-order valence-corrected chi connectivity index (χ4v) is 19.3. The average Bonchev–Trinajstić information content (AvgIpc) is 3.77. The van der Waals surface area contributed by atoms with Crippen molar-refractivity contribution < 1.29 is 43.0 Å². The number of piperazine rings is 2. The van der Waals surface area contributed by atoms with Gasteiger partial charge in [0.05, 0.1) is 10.8 Å². The zero-order chi connectivity index (χ0) is 38.8. The minimum absolute atomic E-state index is 0.302. The zero-order valence-corrected chi connectivity index (χ0v) is 33.7. The lowest BCUT2D eigenvalue weighted by atomic mass is 9.50. The number of amides is 4. The first-order valence-electron chi connectivity index (χ1n) is 17.8. The Morgan fingerprint density at radius 2 is 1.42 bits per heavy atom. The summed E-state index contributed by atoms with van der Waals surface area (Å²) in [6.07, 6.45) is -4.93. The molecule has 0 unspecified atom stereocenters. The van der Waals surface area contributed by atoms with Gasteiger partial charge in [-0.1, -0.05) is 50.2 Å². The van der Waals surface area contributed by atoms with Crippen molar-refractivity contribution in [2.75, 3.05) is 31.3 Å². The van der Waals surface area contributed by atoms with Crippen molar-refractivity contribution in [2.24, 2.45) is 5.92 Å². The highest BCUT2D eigenvalue weighted by atomic mass is 33.7. The normalized spacial score (nSPS) is 39.9. The van der Waals surface area contributed by atoms with E-state index in [1.165, 1.54) is 76.8 Å². The van der Waals surface area contributed by atoms with Crippen molar-refractivity contribution in [1.29, 1.82) is 0 Å². The second-order valence-corrected chi connectivity index (χ2v) is 21.6. The maximum Gasteiger partial charge on any atom is 0.303 e. The Morgan fingerprint density at radius 3 is 2.04 bits per heavy atom. The van der Waals surface area contributed by atoms with Gasteiger partial charge >= 0.3 is 11.9 Å². The molecule has 9 heterocycles. The monoisotopic (exact) mass is 824 g/mol. The topological polar surface area (TPSA) is 167 Å². The minimum atomic E-state index is -2.33. The van der Waals surface area contributed by atoms with Gasteiger partial charge in [-0.3, -0.25) is 38.6 Å². The van der Waals surface area contributed by atoms with Crippen LogP contribution >= 0.6 is 41.2 Å². The number of carbonyl (C=O) groups is 6. The number of nitrogens with one attached hydrogen (secondary N) is 2. The van der Waals surface area contributed by atoms with Gasteiger partial charge in [-0.05, 0) is 70.4 Å². The van der Waals surface area contributed by atoms with Gasteiger partial charge in [0.1, 0.15) is 31.1 Å². The van der Waals surface area contributed by atoms with Crippen LogP contribution in [0.5, 0.6) is 0 Å². The summed E-state index contributed by atoms with van der Waals surface area (Å²) in [5.41, 5.74) is -2.80. The predicted molar refractivity (Wildman–Crippen MR) is 205 cm³/mol. The van der Waals surface area contributed by atoms with Crippen molar-refractivity contribution in [3.8, 4) is 0 Å². The number of fused-ring (bicyclic) bond motifs is 7. The maximum absolute atomic E-state index is 15.7. The Hall–Kier alpha value is -3.78. The lowest BCUT2D eigenvalue weighted by Crippen LogP contribution is -2.81. The Bertz CT molecular complexity index is 2180. The van der Waals surface area contributed by atoms with Gasteiger partial charge in [-0.2, -0.15) is 0 Å². The number of para-hydroxylation sites is 2. The number of nitrogens with zero attached hydrogens (tertiary/aromatic N) is 4. The Kier molecular flexibility index (Phi) is 7.25. The second kappa shape index (κ2) is 11.2. The van der Waals surface area contributed by atoms with E-state index in [1.807, 2.05) is 62.4 Å². The molecule has 0 saturated carbocycles. The molecule has 4 amide bonds. The molecule has 7 fully saturated rings. The van der Waals surface area contributed by atoms with E-state index in [9.17, 15) is 9.59 Å². The standard InChI is InChI=1S/C36H36N6O9S4/c1-16(2)35-31(48)42-28-33(20-12-8-10-14-22(20)38-28)26(36(42,30(47)40(35)6)53-55-54-52-35)51-34-25(50-18(4)44)32(33)19-11-7-9-13-21(19)37-27(32)41(34)24(45)23(15-49-17(3)43)39(5)29(34)46/h7-14,16,23,25-28,37-38H,15H2,1-6H3/t23-,25-,26-,27-,28+,32-,33+,34-,35-,36-/m0/s1. The first kappa shape index (κ1) is 35.6. The summed E-state index contributed by atoms with van der Waals surface area (Å²) < 4.78 is 19.2. The molecule has 10 atom stereocenters. The Morgan fingerprint density at radius 1 is 0.818 bits per heavy atom. The Balaban J connectivity index is 1.35. The van der Waals surface area contributed by atoms with Crippen LogP contribution in [-0.2, 0) is 53.8 Å². The molecule has 55 heavy (non-hydrogen) atoms. The molecule has 2 N–H and O–H groups in total. The van der Waals surface area contributed by atoms with E-state index in [1.54, 1.807) is 11.9 Å². The highest BCUT2D eigenvalue weighted by Crippen LogP contribution is 2.79. The van der Waals surface area contributed by atoms with E-state index in [0.717, 1.165) is 0 Å². The summed E-state index contributed by atoms with van der Waals surface area (Å²) in [5, 5.41) is 7.24. The molecule has 288 valence electrons. The lowest BCUT2D eigenvalue weighted by molar-refractivity contribution is -0.267. The molecular formula is C36H36N6O9S4. The zero-order valence-electron chi connectivity index (χ0n) is 30.4. The van der Waals surface area contributed by atoms with Gasteiger partial charge in [0, 0.05) is 39.3 Å². The second-order valence-electron chi connectivity index (χ2n) is 15.4. The summed E-state index contributed by atoms with van der Waals surface area (Å²) >= 11 is 0. The number of hydrogen-bond donors (Lipinski definition) is 2. The van der Waals surface area contributed by atoms with Gasteiger partial charge in [0.2, 0.25) is 4.87 Å². The molecule has 2 aromatic rings. The predicted octanol–water partition coefficient (Wildman–Crippen LogP) is 2.69. The molecule has 9 aliphatic rings. The number of ether oxygens (including phenoxy) is 3. The third kappa shape index (κ3) is 3.60. The number of carbonyl (C=O) groups excluding carboxylic acids is 6. The van der Waals surface area contributed by atoms with Crippen LogP contribution in [0.25, 0.3) is 0 Å². The molecule has 11 rings (SSSR count). The molecule has 19 heteroatoms. The first-order chi connectivity index (χ1) is 26.2. The number of rotatable bonds is 4. The summed E-state index contributed by atoms with van der Waals surface area (Å²) in [6.45, 7) is 5.87. The number of hydrogen-bond acceptors (Lipinski definition) is 15. The fourth-order valence-electron chi connectivity index (χ4n) is 11.2. The van der Waals surface area contributed by atoms with Crippen LogP contribution in [0.1, 0.15) is 38.8 Å². The van der Waals surface area contributed by atoms with Gasteiger partial charge in [0.15, 0.2) is 11.0 Å². The average molecular weight is 825 g/mol. The van der Waals surface area contributed by atoms with Crippen molar-refractivity contribution >= 4 is 88.2 Å². The van der Waals surface area contributed by atoms with Gasteiger partial charge in [-0.15, -0.1) is 0 Å². The maximum atomic E-state index is 15.7. The van der Waals surface area contributed by atoms with Crippen LogP contribution in [0, 0.1) is 5.92 Å². The van der Waals surface area contributed by atoms with E-state index in [-0.39, 0.29) is 17.7 Å². The fraction of sp³-hybridized carbons (Fsp3) is 0.500. The first-order valence-corrected chi connectivity index (χ1v) is 22.7. The molecule has 0 aliphatic carbocycles. The van der Waals surface area contributed by atoms with Gasteiger partial charge in [-0.25, -0.2) is 0 Å². The van der Waals surface area contributed by atoms with Crippen LogP contribution in [0.15, 0.2) is 48.5 Å². The summed E-state index contributed by atoms with van der Waals surface area (Å²) in [7, 11) is 8.35. The van der Waals surface area contributed by atoms with Crippen LogP contribution < -0.4 is 10.6 Å². The van der Waals surface area contributed by atoms with E-state index in [4.69, 9.17) is 14.2 Å². The number of likely N-dealkylation sites (N-methyl/N-ethyl adjacent to an activating group) is 2. The van der Waals surface area contributed by atoms with Gasteiger partial charge in [0.25, 0.3) is 29.4 Å². The van der Waals surface area contributed by atoms with Crippen LogP contribution in [0.4, 0.5) is 11.4 Å². The molecule has 7 saturated heterocycles. The smallest absolute Gasteiger partial charge is 0.303 e. The largest absolute Gasteiger partial charge is 0.463 e. The number of benzene rings is 2. The number of esters is 2. The summed E-state index contributed by atoms with van der Waals surface area (Å²) in [4.78, 5) is 90.2. The quantitative estimate of drug-likeness (QED) is 0.341. The molecule has 15 nitrogen and oxygen atoms in total. The van der Waals surface area contributed by atoms with E-state index < -0.39 is 87.2 Å². The van der Waals surface area contributed by atoms with E-state index >= 15 is 19.2 Å². The molecular weight excluding hydrogens is 789 g/mol. The van der Waals surface area contributed by atoms with Crippen molar-refractivity contribution in [2.45, 2.75) is 84.6 Å². The third-order valence-electron chi connectivity index (χ3n) is 13.1. The SMILES string of the molecule is CC(=O)OC[C@H]1C(=O)N2[C@@H]3Nc4ccccc4[C@]34[C@H](OC(C)=O)[C@]2(O[C@H]2[C@@]43c4ccccc4N[C@@H]3N3C(=O)[C@]4(C(C)C)SSSS[C@]23C(=O)N4C)C(=O)N1C. The Labute approximate surface area is 330 Å². The van der Waals surface area contributed by atoms with Crippen LogP contribution in [0.2, 0.25) is 0 Å². The number of anilines is 2. The van der Waals surface area contributed by atoms with Crippen molar-refractivity contribution in [3.05, 3.63) is 59.7 Å². The molecule has 0 aromatic heterocycles. The molecule has 4 bridgehead atoms. The highest BCUT2D eigenvalue weighted by Gasteiger charge is 2.96. The molecule has 0 radical (unpaired) electrons. The summed E-state index contributed by atoms with van der Waals surface area (Å²) in [5.74, 6) is -3.70. The minimum Gasteiger partial charge on any atom is -0.463 e. The van der Waals surface area contributed by atoms with Crippen LogP contribution in [0.3, 0.4) is 0 Å². The van der Waals surface area contributed by atoms with Crippen LogP contribution in [-0.4, -0.2) is 122 Å². The van der Waals surface area contributed by atoms with Gasteiger partial charge < -0.3 is 34.6 Å². The highest BCUT2D eigenvalue weighted by molar-refractivity contribution is 9.26. The molecule has 4 spiro atoms. The summed E-state index contributed by atoms with van der Waals surface area (Å²) in [6, 6.07) is 13.7. The van der Waals surface area contributed by atoms with Crippen molar-refractivity contribution in [3.63, 3.8) is 0 Å². The van der Waals surface area contributed by atoms with E-state index in [2.05, 4.69) is 10.6 Å². The van der Waals surface area contributed by atoms with E-state index in [0.29, 0.717) is 22.5 Å². The molecule has 2 aromatic carbocycles. The lowest BCUT2D eigenvalue weighted by Gasteiger charge is -2.59. The molecule has 9 aliphatic heterocycles.